The van der Waals surface area contributed by atoms with E-state index in [1.807, 2.05) is 48.7 Å². The van der Waals surface area contributed by atoms with Crippen LogP contribution in [0.2, 0.25) is 0 Å². The number of pyridine rings is 1. The quantitative estimate of drug-likeness (QED) is 0.129. The second-order valence-electron chi connectivity index (χ2n) is 13.5. The molecule has 0 saturated heterocycles. The molecule has 2 aromatic heterocycles. The van der Waals surface area contributed by atoms with E-state index >= 15 is 0 Å². The van der Waals surface area contributed by atoms with Crippen molar-refractivity contribution in [3.05, 3.63) is 109 Å². The van der Waals surface area contributed by atoms with Crippen molar-refractivity contribution >= 4 is 45.2 Å². The maximum Gasteiger partial charge on any atom is 0.120 e. The Kier molecular flexibility index (Phi) is 10.8. The van der Waals surface area contributed by atoms with Crippen molar-refractivity contribution in [1.82, 2.24) is 4.98 Å². The van der Waals surface area contributed by atoms with E-state index in [-0.39, 0.29) is 20.1 Å². The van der Waals surface area contributed by atoms with Crippen LogP contribution in [-0.4, -0.2) is 16.3 Å². The standard InChI is InChI=1S/C24H18NO.C18H26OP.Ir/c1-15(2)16-10-11-18-17(14-16)12-13-25-23(18)21-8-5-7-20-19-6-3-4-9-22(19)26-24(20)21;19-20(16-10-4-1-5-11-16,17-12-6-2-7-13-17)18-14-8-3-9-15-18;/h3-7,9-15H,1-2H3;1,4-5,10,17-18H,2-3,6-9,12-15H2;/q2*-1;. The van der Waals surface area contributed by atoms with Gasteiger partial charge in [0.05, 0.1) is 12.7 Å². The number of aromatic nitrogens is 1. The van der Waals surface area contributed by atoms with Crippen molar-refractivity contribution in [3.8, 4) is 11.3 Å². The summed E-state index contributed by atoms with van der Waals surface area (Å²) in [4.78, 5) is 4.68. The maximum atomic E-state index is 14.1. The molecule has 0 N–H and O–H groups in total. The molecule has 0 atom stereocenters. The molecule has 2 saturated carbocycles. The molecule has 0 spiro atoms. The zero-order chi connectivity index (χ0) is 31.5. The molecule has 2 fully saturated rings. The van der Waals surface area contributed by atoms with Gasteiger partial charge in [-0.25, -0.2) is 0 Å². The Morgan fingerprint density at radius 3 is 2.13 bits per heavy atom. The van der Waals surface area contributed by atoms with E-state index in [0.717, 1.165) is 43.9 Å². The Morgan fingerprint density at radius 1 is 0.745 bits per heavy atom. The first kappa shape index (κ1) is 33.9. The summed E-state index contributed by atoms with van der Waals surface area (Å²) in [6.07, 6.45) is 14.3. The minimum absolute atomic E-state index is 0. The first-order valence-electron chi connectivity index (χ1n) is 17.3. The summed E-state index contributed by atoms with van der Waals surface area (Å²) in [5.74, 6) is 0.501. The predicted molar refractivity (Wildman–Crippen MR) is 194 cm³/mol. The summed E-state index contributed by atoms with van der Waals surface area (Å²) in [6.45, 7) is 4.43. The topological polar surface area (TPSA) is 43.1 Å². The molecule has 0 aliphatic heterocycles. The van der Waals surface area contributed by atoms with Crippen molar-refractivity contribution in [2.75, 3.05) is 0 Å². The van der Waals surface area contributed by atoms with Gasteiger partial charge in [0.25, 0.3) is 0 Å². The van der Waals surface area contributed by atoms with Crippen LogP contribution in [0.15, 0.2) is 95.5 Å². The maximum absolute atomic E-state index is 14.1. The van der Waals surface area contributed by atoms with Gasteiger partial charge in [-0.15, -0.1) is 23.5 Å². The Balaban J connectivity index is 0.000000167. The van der Waals surface area contributed by atoms with Crippen LogP contribution in [0, 0.1) is 12.1 Å². The molecule has 47 heavy (non-hydrogen) atoms. The molecule has 1 radical (unpaired) electrons. The predicted octanol–water partition coefficient (Wildman–Crippen LogP) is 11.9. The summed E-state index contributed by atoms with van der Waals surface area (Å²) < 4.78 is 20.3. The van der Waals surface area contributed by atoms with Crippen LogP contribution < -0.4 is 5.30 Å². The van der Waals surface area contributed by atoms with Gasteiger partial charge in [-0.05, 0) is 65.8 Å². The van der Waals surface area contributed by atoms with Gasteiger partial charge in [-0.1, -0.05) is 99.7 Å². The fraction of sp³-hybridized carbons (Fsp3) is 0.357. The van der Waals surface area contributed by atoms with Gasteiger partial charge in [-0.3, -0.25) is 0 Å². The van der Waals surface area contributed by atoms with E-state index in [4.69, 9.17) is 4.42 Å². The Bertz CT molecular complexity index is 1960. The Labute approximate surface area is 293 Å². The van der Waals surface area contributed by atoms with Crippen molar-refractivity contribution < 1.29 is 29.1 Å². The van der Waals surface area contributed by atoms with Crippen LogP contribution in [0.3, 0.4) is 0 Å². The molecule has 245 valence electrons. The number of fused-ring (bicyclic) bond motifs is 4. The first-order chi connectivity index (χ1) is 22.5. The molecule has 2 aliphatic rings. The normalized spacial score (nSPS) is 16.2. The third-order valence-electron chi connectivity index (χ3n) is 10.3. The van der Waals surface area contributed by atoms with E-state index in [0.29, 0.717) is 17.2 Å². The number of nitrogens with zero attached hydrogens (tertiary/aromatic N) is 1. The van der Waals surface area contributed by atoms with Gasteiger partial charge in [0.1, 0.15) is 5.58 Å². The minimum atomic E-state index is -2.28. The average molecular weight is 818 g/mol. The molecular formula is C42H44IrNO2P-2. The Hall–Kier alpha value is -3.03. The fourth-order valence-electron chi connectivity index (χ4n) is 7.84. The minimum Gasteiger partial charge on any atom is -0.501 e. The second kappa shape index (κ2) is 15.0. The van der Waals surface area contributed by atoms with Crippen molar-refractivity contribution in [3.63, 3.8) is 0 Å². The van der Waals surface area contributed by atoms with Crippen molar-refractivity contribution in [2.24, 2.45) is 0 Å². The monoisotopic (exact) mass is 818 g/mol. The van der Waals surface area contributed by atoms with E-state index < -0.39 is 7.14 Å². The SMILES string of the molecule is CC(C)c1ccc2c(-c3[c-]ccc4c3oc3ccccc34)nccc2c1.O=P(c1[c-]cccc1)(C1CCCCC1)C1CCCCC1.[Ir]. The van der Waals surface area contributed by atoms with Gasteiger partial charge in [0.15, 0.2) is 0 Å². The van der Waals surface area contributed by atoms with Gasteiger partial charge in [0, 0.05) is 43.0 Å². The number of benzene rings is 4. The zero-order valence-electron chi connectivity index (χ0n) is 27.5. The van der Waals surface area contributed by atoms with E-state index in [1.54, 1.807) is 0 Å². The van der Waals surface area contributed by atoms with E-state index in [1.165, 1.54) is 75.2 Å². The van der Waals surface area contributed by atoms with Gasteiger partial charge >= 0.3 is 0 Å². The van der Waals surface area contributed by atoms with Gasteiger partial charge in [-0.2, -0.15) is 30.3 Å². The summed E-state index contributed by atoms with van der Waals surface area (Å²) >= 11 is 0. The third-order valence-corrected chi connectivity index (χ3v) is 14.6. The summed E-state index contributed by atoms with van der Waals surface area (Å²) in [5, 5.41) is 5.61. The summed E-state index contributed by atoms with van der Waals surface area (Å²) in [6, 6.07) is 35.6. The molecular weight excluding hydrogens is 774 g/mol. The number of rotatable bonds is 5. The fourth-order valence-corrected chi connectivity index (χ4v) is 12.1. The van der Waals surface area contributed by atoms with Crippen LogP contribution in [0.1, 0.15) is 89.5 Å². The number of para-hydroxylation sites is 1. The first-order valence-corrected chi connectivity index (χ1v) is 19.2. The zero-order valence-corrected chi connectivity index (χ0v) is 30.8. The third kappa shape index (κ3) is 6.80. The summed E-state index contributed by atoms with van der Waals surface area (Å²) in [7, 11) is -2.28. The molecule has 2 aliphatic carbocycles. The van der Waals surface area contributed by atoms with Gasteiger partial charge < -0.3 is 14.0 Å². The smallest absolute Gasteiger partial charge is 0.120 e. The molecule has 2 heterocycles. The van der Waals surface area contributed by atoms with Crippen LogP contribution in [0.4, 0.5) is 0 Å². The van der Waals surface area contributed by atoms with E-state index in [2.05, 4.69) is 73.4 Å². The molecule has 3 nitrogen and oxygen atoms in total. The van der Waals surface area contributed by atoms with Crippen LogP contribution in [0.5, 0.6) is 0 Å². The number of furan rings is 1. The Morgan fingerprint density at radius 2 is 1.45 bits per heavy atom. The molecule has 0 bridgehead atoms. The molecule has 6 aromatic rings. The molecule has 8 rings (SSSR count). The van der Waals surface area contributed by atoms with Crippen molar-refractivity contribution in [2.45, 2.75) is 95.3 Å². The van der Waals surface area contributed by atoms with Crippen LogP contribution in [0.25, 0.3) is 44.0 Å². The van der Waals surface area contributed by atoms with Gasteiger partial charge in [0.2, 0.25) is 0 Å². The molecule has 5 heteroatoms. The van der Waals surface area contributed by atoms with E-state index in [9.17, 15) is 4.57 Å². The second-order valence-corrected chi connectivity index (χ2v) is 16.9. The number of hydrogen-bond acceptors (Lipinski definition) is 3. The molecule has 4 aromatic carbocycles. The van der Waals surface area contributed by atoms with Crippen molar-refractivity contribution in [1.29, 1.82) is 0 Å². The largest absolute Gasteiger partial charge is 0.501 e. The molecule has 0 amide bonds. The van der Waals surface area contributed by atoms with Crippen LogP contribution >= 0.6 is 7.14 Å². The number of hydrogen-bond donors (Lipinski definition) is 0. The average Bonchev–Trinajstić information content (AvgIpc) is 3.51. The molecule has 0 unspecified atom stereocenters. The van der Waals surface area contributed by atoms with Crippen LogP contribution in [-0.2, 0) is 24.7 Å². The summed E-state index contributed by atoms with van der Waals surface area (Å²) in [5.41, 5.74) is 5.80.